The highest BCUT2D eigenvalue weighted by Crippen LogP contribution is 2.27. The van der Waals surface area contributed by atoms with Crippen molar-refractivity contribution in [2.45, 2.75) is 6.92 Å². The van der Waals surface area contributed by atoms with E-state index in [1.807, 2.05) is 0 Å². The van der Waals surface area contributed by atoms with Crippen LogP contribution in [0, 0.1) is 5.82 Å². The van der Waals surface area contributed by atoms with Gasteiger partial charge < -0.3 is 20.1 Å². The SMILES string of the molecule is COc1ccc(NC(C)=O)cc1NC(=O)COC(=O)c1ccc(F)cc1. The van der Waals surface area contributed by atoms with E-state index in [9.17, 15) is 18.8 Å². The monoisotopic (exact) mass is 360 g/mol. The van der Waals surface area contributed by atoms with Gasteiger partial charge in [-0.25, -0.2) is 9.18 Å². The maximum atomic E-state index is 12.8. The number of anilines is 2. The molecular formula is C18H17FN2O5. The standard InChI is InChI=1S/C18H17FN2O5/c1-11(22)20-14-7-8-16(25-2)15(9-14)21-17(23)10-26-18(24)12-3-5-13(19)6-4-12/h3-9H,10H2,1-2H3,(H,20,22)(H,21,23). The van der Waals surface area contributed by atoms with Crippen LogP contribution >= 0.6 is 0 Å². The number of benzene rings is 2. The molecule has 26 heavy (non-hydrogen) atoms. The number of nitrogens with one attached hydrogen (secondary N) is 2. The predicted octanol–water partition coefficient (Wildman–Crippen LogP) is 2.59. The Morgan fingerprint density at radius 3 is 2.35 bits per heavy atom. The number of carbonyl (C=O) groups excluding carboxylic acids is 3. The molecule has 0 heterocycles. The largest absolute Gasteiger partial charge is 0.495 e. The summed E-state index contributed by atoms with van der Waals surface area (Å²) >= 11 is 0. The number of esters is 1. The summed E-state index contributed by atoms with van der Waals surface area (Å²) in [4.78, 5) is 35.0. The zero-order valence-corrected chi connectivity index (χ0v) is 14.2. The van der Waals surface area contributed by atoms with Crippen molar-refractivity contribution in [1.82, 2.24) is 0 Å². The van der Waals surface area contributed by atoms with Gasteiger partial charge in [-0.1, -0.05) is 0 Å². The van der Waals surface area contributed by atoms with Crippen LogP contribution in [-0.2, 0) is 14.3 Å². The van der Waals surface area contributed by atoms with Gasteiger partial charge in [0.25, 0.3) is 5.91 Å². The normalized spacial score (nSPS) is 9.96. The Labute approximate surface area is 149 Å². The lowest BCUT2D eigenvalue weighted by Gasteiger charge is -2.12. The first-order valence-electron chi connectivity index (χ1n) is 7.57. The molecule has 8 heteroatoms. The zero-order valence-electron chi connectivity index (χ0n) is 14.2. The van der Waals surface area contributed by atoms with Gasteiger partial charge in [-0.2, -0.15) is 0 Å². The average molecular weight is 360 g/mol. The van der Waals surface area contributed by atoms with Crippen LogP contribution in [0.3, 0.4) is 0 Å². The molecule has 0 bridgehead atoms. The number of ether oxygens (including phenoxy) is 2. The highest BCUT2D eigenvalue weighted by atomic mass is 19.1. The van der Waals surface area contributed by atoms with E-state index in [0.717, 1.165) is 12.1 Å². The smallest absolute Gasteiger partial charge is 0.338 e. The molecule has 0 unspecified atom stereocenters. The molecule has 0 saturated heterocycles. The van der Waals surface area contributed by atoms with Crippen LogP contribution in [0.2, 0.25) is 0 Å². The first-order chi connectivity index (χ1) is 12.4. The Morgan fingerprint density at radius 1 is 1.04 bits per heavy atom. The van der Waals surface area contributed by atoms with Crippen molar-refractivity contribution in [1.29, 1.82) is 0 Å². The van der Waals surface area contributed by atoms with E-state index in [1.54, 1.807) is 12.1 Å². The second kappa shape index (κ2) is 8.61. The molecule has 0 radical (unpaired) electrons. The van der Waals surface area contributed by atoms with E-state index in [4.69, 9.17) is 9.47 Å². The molecule has 2 rings (SSSR count). The molecule has 2 N–H and O–H groups in total. The minimum absolute atomic E-state index is 0.129. The van der Waals surface area contributed by atoms with E-state index in [2.05, 4.69) is 10.6 Å². The molecular weight excluding hydrogens is 343 g/mol. The first-order valence-corrected chi connectivity index (χ1v) is 7.57. The predicted molar refractivity (Wildman–Crippen MR) is 92.6 cm³/mol. The number of hydrogen-bond donors (Lipinski definition) is 2. The van der Waals surface area contributed by atoms with Crippen LogP contribution in [0.1, 0.15) is 17.3 Å². The Kier molecular flexibility index (Phi) is 6.26. The maximum absolute atomic E-state index is 12.8. The van der Waals surface area contributed by atoms with Gasteiger partial charge in [-0.15, -0.1) is 0 Å². The fourth-order valence-electron chi connectivity index (χ4n) is 2.07. The van der Waals surface area contributed by atoms with Crippen molar-refractivity contribution in [3.63, 3.8) is 0 Å². The summed E-state index contributed by atoms with van der Waals surface area (Å²) in [6.45, 7) is 0.821. The molecule has 0 aromatic heterocycles. The van der Waals surface area contributed by atoms with E-state index in [1.165, 1.54) is 32.2 Å². The molecule has 0 atom stereocenters. The lowest BCUT2D eigenvalue weighted by molar-refractivity contribution is -0.119. The fourth-order valence-corrected chi connectivity index (χ4v) is 2.07. The molecule has 0 fully saturated rings. The van der Waals surface area contributed by atoms with Gasteiger partial charge in [0.05, 0.1) is 18.4 Å². The minimum atomic E-state index is -0.751. The number of carbonyl (C=O) groups is 3. The molecule has 0 aliphatic carbocycles. The molecule has 136 valence electrons. The summed E-state index contributed by atoms with van der Waals surface area (Å²) in [7, 11) is 1.43. The summed E-state index contributed by atoms with van der Waals surface area (Å²) < 4.78 is 22.9. The minimum Gasteiger partial charge on any atom is -0.495 e. The highest BCUT2D eigenvalue weighted by Gasteiger charge is 2.13. The summed E-state index contributed by atoms with van der Waals surface area (Å²) in [6, 6.07) is 9.46. The van der Waals surface area contributed by atoms with Gasteiger partial charge in [0.1, 0.15) is 11.6 Å². The second-order valence-corrected chi connectivity index (χ2v) is 5.23. The van der Waals surface area contributed by atoms with Crippen LogP contribution in [-0.4, -0.2) is 31.5 Å². The average Bonchev–Trinajstić information content (AvgIpc) is 2.60. The zero-order chi connectivity index (χ0) is 19.1. The molecule has 2 aromatic rings. The van der Waals surface area contributed by atoms with Crippen LogP contribution in [0.4, 0.5) is 15.8 Å². The summed E-state index contributed by atoms with van der Waals surface area (Å²) in [5, 5.41) is 5.12. The summed E-state index contributed by atoms with van der Waals surface area (Å²) in [6.07, 6.45) is 0. The van der Waals surface area contributed by atoms with Crippen molar-refractivity contribution >= 4 is 29.2 Å². The summed E-state index contributed by atoms with van der Waals surface area (Å²) in [5.74, 6) is -1.72. The Morgan fingerprint density at radius 2 is 1.73 bits per heavy atom. The van der Waals surface area contributed by atoms with E-state index < -0.39 is 24.3 Å². The second-order valence-electron chi connectivity index (χ2n) is 5.23. The molecule has 2 amide bonds. The van der Waals surface area contributed by atoms with Gasteiger partial charge in [-0.05, 0) is 42.5 Å². The van der Waals surface area contributed by atoms with Crippen LogP contribution in [0.15, 0.2) is 42.5 Å². The molecule has 0 aliphatic heterocycles. The van der Waals surface area contributed by atoms with Gasteiger partial charge in [0.2, 0.25) is 5.91 Å². The van der Waals surface area contributed by atoms with Gasteiger partial charge >= 0.3 is 5.97 Å². The van der Waals surface area contributed by atoms with E-state index in [-0.39, 0.29) is 11.5 Å². The van der Waals surface area contributed by atoms with Crippen LogP contribution in [0.25, 0.3) is 0 Å². The molecule has 2 aromatic carbocycles. The Hall–Kier alpha value is -3.42. The third-order valence-electron chi connectivity index (χ3n) is 3.21. The van der Waals surface area contributed by atoms with Gasteiger partial charge in [-0.3, -0.25) is 9.59 Å². The van der Waals surface area contributed by atoms with E-state index >= 15 is 0 Å². The van der Waals surface area contributed by atoms with Crippen molar-refractivity contribution in [2.75, 3.05) is 24.4 Å². The lowest BCUT2D eigenvalue weighted by Crippen LogP contribution is -2.21. The number of halogens is 1. The quantitative estimate of drug-likeness (QED) is 0.773. The third-order valence-corrected chi connectivity index (χ3v) is 3.21. The van der Waals surface area contributed by atoms with Crippen molar-refractivity contribution in [3.05, 3.63) is 53.8 Å². The van der Waals surface area contributed by atoms with E-state index in [0.29, 0.717) is 17.1 Å². The number of amides is 2. The van der Waals surface area contributed by atoms with Gasteiger partial charge in [0, 0.05) is 12.6 Å². The van der Waals surface area contributed by atoms with Crippen LogP contribution < -0.4 is 15.4 Å². The number of rotatable bonds is 6. The molecule has 0 saturated carbocycles. The number of hydrogen-bond acceptors (Lipinski definition) is 5. The van der Waals surface area contributed by atoms with Crippen LogP contribution in [0.5, 0.6) is 5.75 Å². The maximum Gasteiger partial charge on any atom is 0.338 e. The number of methoxy groups -OCH3 is 1. The highest BCUT2D eigenvalue weighted by molar-refractivity contribution is 5.97. The van der Waals surface area contributed by atoms with Crippen molar-refractivity contribution in [2.24, 2.45) is 0 Å². The van der Waals surface area contributed by atoms with Crippen molar-refractivity contribution < 1.29 is 28.2 Å². The topological polar surface area (TPSA) is 93.7 Å². The fraction of sp³-hybridized carbons (Fsp3) is 0.167. The molecule has 0 spiro atoms. The first kappa shape index (κ1) is 18.9. The van der Waals surface area contributed by atoms with Gasteiger partial charge in [0.15, 0.2) is 6.61 Å². The Balaban J connectivity index is 1.99. The lowest BCUT2D eigenvalue weighted by atomic mass is 10.2. The summed E-state index contributed by atoms with van der Waals surface area (Å²) in [5.41, 5.74) is 0.905. The Bertz CT molecular complexity index is 821. The molecule has 7 nitrogen and oxygen atoms in total. The molecule has 0 aliphatic rings. The third kappa shape index (κ3) is 5.30. The van der Waals surface area contributed by atoms with Crippen molar-refractivity contribution in [3.8, 4) is 5.75 Å².